The predicted octanol–water partition coefficient (Wildman–Crippen LogP) is 2.65. The fourth-order valence-corrected chi connectivity index (χ4v) is 0.834. The molecule has 0 aliphatic rings. The molecule has 0 spiro atoms. The number of hydrogen-bond donors (Lipinski definition) is 0. The Hall–Kier alpha value is -1.49. The van der Waals surface area contributed by atoms with Gasteiger partial charge in [-0.05, 0) is 24.3 Å². The zero-order valence-corrected chi connectivity index (χ0v) is 8.70. The van der Waals surface area contributed by atoms with Gasteiger partial charge in [-0.1, -0.05) is 13.8 Å². The molecule has 0 aromatic heterocycles. The van der Waals surface area contributed by atoms with Crippen LogP contribution in [0.1, 0.15) is 19.4 Å². The van der Waals surface area contributed by atoms with E-state index in [0.29, 0.717) is 5.56 Å². The van der Waals surface area contributed by atoms with E-state index in [1.165, 1.54) is 0 Å². The number of nitriles is 1. The summed E-state index contributed by atoms with van der Waals surface area (Å²) in [7, 11) is 3.95. The molecule has 13 heavy (non-hydrogen) atoms. The molecule has 0 fully saturated rings. The van der Waals surface area contributed by atoms with E-state index in [2.05, 4.69) is 6.07 Å². The summed E-state index contributed by atoms with van der Waals surface area (Å²) in [5.74, 6) is 0. The Balaban J connectivity index is 0.000000671. The Bertz CT molecular complexity index is 267. The monoisotopic (exact) mass is 176 g/mol. The van der Waals surface area contributed by atoms with E-state index in [1.54, 1.807) is 0 Å². The lowest BCUT2D eigenvalue weighted by Gasteiger charge is -2.11. The summed E-state index contributed by atoms with van der Waals surface area (Å²) in [4.78, 5) is 2.00. The third-order valence-electron chi connectivity index (χ3n) is 1.51. The molecule has 0 N–H and O–H groups in total. The Labute approximate surface area is 80.4 Å². The zero-order chi connectivity index (χ0) is 10.3. The molecule has 1 aromatic carbocycles. The van der Waals surface area contributed by atoms with Gasteiger partial charge in [0.1, 0.15) is 0 Å². The number of benzene rings is 1. The van der Waals surface area contributed by atoms with Crippen LogP contribution in [0.25, 0.3) is 0 Å². The summed E-state index contributed by atoms with van der Waals surface area (Å²) in [6.45, 7) is 4.00. The summed E-state index contributed by atoms with van der Waals surface area (Å²) in [6, 6.07) is 9.56. The quantitative estimate of drug-likeness (QED) is 0.657. The lowest BCUT2D eigenvalue weighted by molar-refractivity contribution is 1.13. The lowest BCUT2D eigenvalue weighted by Crippen LogP contribution is -2.07. The van der Waals surface area contributed by atoms with E-state index < -0.39 is 0 Å². The normalized spacial score (nSPS) is 7.92. The van der Waals surface area contributed by atoms with Crippen LogP contribution in [0, 0.1) is 11.3 Å². The first-order valence-corrected chi connectivity index (χ1v) is 4.41. The first kappa shape index (κ1) is 11.5. The van der Waals surface area contributed by atoms with E-state index in [0.717, 1.165) is 5.69 Å². The van der Waals surface area contributed by atoms with Gasteiger partial charge in [0, 0.05) is 19.8 Å². The third kappa shape index (κ3) is 3.62. The number of anilines is 1. The second kappa shape index (κ2) is 6.07. The molecule has 0 amide bonds. The van der Waals surface area contributed by atoms with Crippen molar-refractivity contribution in [2.75, 3.05) is 19.0 Å². The minimum Gasteiger partial charge on any atom is -0.378 e. The zero-order valence-electron chi connectivity index (χ0n) is 8.70. The molecule has 70 valence electrons. The van der Waals surface area contributed by atoms with Gasteiger partial charge in [-0.25, -0.2) is 0 Å². The van der Waals surface area contributed by atoms with E-state index >= 15 is 0 Å². The van der Waals surface area contributed by atoms with Crippen LogP contribution in [0.3, 0.4) is 0 Å². The third-order valence-corrected chi connectivity index (χ3v) is 1.51. The second-order valence-corrected chi connectivity index (χ2v) is 2.55. The average molecular weight is 176 g/mol. The van der Waals surface area contributed by atoms with Crippen molar-refractivity contribution in [1.29, 1.82) is 5.26 Å². The van der Waals surface area contributed by atoms with Gasteiger partial charge in [0.15, 0.2) is 0 Å². The minimum atomic E-state index is 0.704. The molecule has 0 saturated heterocycles. The van der Waals surface area contributed by atoms with Crippen LogP contribution in [-0.4, -0.2) is 14.1 Å². The molecular weight excluding hydrogens is 160 g/mol. The topological polar surface area (TPSA) is 27.0 Å². The average Bonchev–Trinajstić information content (AvgIpc) is 2.21. The summed E-state index contributed by atoms with van der Waals surface area (Å²) < 4.78 is 0. The van der Waals surface area contributed by atoms with Gasteiger partial charge < -0.3 is 4.90 Å². The molecular formula is C11H16N2. The lowest BCUT2D eigenvalue weighted by atomic mass is 10.2. The Morgan fingerprint density at radius 3 is 1.85 bits per heavy atom. The van der Waals surface area contributed by atoms with Crippen molar-refractivity contribution in [2.45, 2.75) is 13.8 Å². The molecule has 2 nitrogen and oxygen atoms in total. The fraction of sp³-hybridized carbons (Fsp3) is 0.364. The maximum Gasteiger partial charge on any atom is 0.0991 e. The summed E-state index contributed by atoms with van der Waals surface area (Å²) in [6.07, 6.45) is 0. The van der Waals surface area contributed by atoms with Crippen molar-refractivity contribution in [3.05, 3.63) is 29.8 Å². The molecule has 0 aliphatic heterocycles. The standard InChI is InChI=1S/C9H10N2.C2H6/c1-11(2)9-5-3-8(7-10)4-6-9;1-2/h3-6H,1-2H3;1-2H3. The van der Waals surface area contributed by atoms with Crippen LogP contribution in [0.15, 0.2) is 24.3 Å². The van der Waals surface area contributed by atoms with Crippen LogP contribution in [-0.2, 0) is 0 Å². The molecule has 0 saturated carbocycles. The van der Waals surface area contributed by atoms with Crippen LogP contribution in [0.2, 0.25) is 0 Å². The summed E-state index contributed by atoms with van der Waals surface area (Å²) in [5.41, 5.74) is 1.82. The van der Waals surface area contributed by atoms with Crippen LogP contribution in [0.4, 0.5) is 5.69 Å². The van der Waals surface area contributed by atoms with Gasteiger partial charge in [-0.2, -0.15) is 5.26 Å². The van der Waals surface area contributed by atoms with Gasteiger partial charge in [0.25, 0.3) is 0 Å². The molecule has 1 aromatic rings. The maximum absolute atomic E-state index is 8.50. The largest absolute Gasteiger partial charge is 0.378 e. The molecule has 1 rings (SSSR count). The van der Waals surface area contributed by atoms with Crippen molar-refractivity contribution in [3.63, 3.8) is 0 Å². The highest BCUT2D eigenvalue weighted by Gasteiger charge is 1.93. The highest BCUT2D eigenvalue weighted by atomic mass is 15.1. The van der Waals surface area contributed by atoms with Crippen molar-refractivity contribution < 1.29 is 0 Å². The van der Waals surface area contributed by atoms with Gasteiger partial charge in [-0.15, -0.1) is 0 Å². The van der Waals surface area contributed by atoms with Gasteiger partial charge in [0.2, 0.25) is 0 Å². The van der Waals surface area contributed by atoms with Gasteiger partial charge >= 0.3 is 0 Å². The Morgan fingerprint density at radius 1 is 1.08 bits per heavy atom. The number of nitrogens with zero attached hydrogens (tertiary/aromatic N) is 2. The van der Waals surface area contributed by atoms with Crippen LogP contribution >= 0.6 is 0 Å². The maximum atomic E-state index is 8.50. The van der Waals surface area contributed by atoms with Crippen molar-refractivity contribution >= 4 is 5.69 Å². The van der Waals surface area contributed by atoms with E-state index in [4.69, 9.17) is 5.26 Å². The number of rotatable bonds is 1. The van der Waals surface area contributed by atoms with E-state index in [1.807, 2.05) is 57.1 Å². The molecule has 0 unspecified atom stereocenters. The summed E-state index contributed by atoms with van der Waals surface area (Å²) >= 11 is 0. The van der Waals surface area contributed by atoms with Crippen LogP contribution < -0.4 is 4.90 Å². The summed E-state index contributed by atoms with van der Waals surface area (Å²) in [5, 5.41) is 8.50. The Kier molecular flexibility index (Phi) is 5.38. The highest BCUT2D eigenvalue weighted by molar-refractivity contribution is 5.48. The first-order chi connectivity index (χ1) is 6.24. The first-order valence-electron chi connectivity index (χ1n) is 4.41. The van der Waals surface area contributed by atoms with Crippen molar-refractivity contribution in [2.24, 2.45) is 0 Å². The molecule has 2 heteroatoms. The molecule has 0 bridgehead atoms. The van der Waals surface area contributed by atoms with Crippen molar-refractivity contribution in [1.82, 2.24) is 0 Å². The smallest absolute Gasteiger partial charge is 0.0991 e. The predicted molar refractivity (Wildman–Crippen MR) is 56.8 cm³/mol. The molecule has 0 aliphatic carbocycles. The number of hydrogen-bond acceptors (Lipinski definition) is 2. The highest BCUT2D eigenvalue weighted by Crippen LogP contribution is 2.10. The van der Waals surface area contributed by atoms with Crippen LogP contribution in [0.5, 0.6) is 0 Å². The van der Waals surface area contributed by atoms with E-state index in [-0.39, 0.29) is 0 Å². The molecule has 0 atom stereocenters. The minimum absolute atomic E-state index is 0.704. The second-order valence-electron chi connectivity index (χ2n) is 2.55. The Morgan fingerprint density at radius 2 is 1.54 bits per heavy atom. The SMILES string of the molecule is CC.CN(C)c1ccc(C#N)cc1. The molecule has 0 radical (unpaired) electrons. The van der Waals surface area contributed by atoms with E-state index in [9.17, 15) is 0 Å². The fourth-order valence-electron chi connectivity index (χ4n) is 0.834. The van der Waals surface area contributed by atoms with Gasteiger partial charge in [0.05, 0.1) is 11.6 Å². The van der Waals surface area contributed by atoms with Crippen molar-refractivity contribution in [3.8, 4) is 6.07 Å². The van der Waals surface area contributed by atoms with Gasteiger partial charge in [-0.3, -0.25) is 0 Å². The molecule has 0 heterocycles.